The first-order valence-corrected chi connectivity index (χ1v) is 7.26. The Morgan fingerprint density at radius 1 is 1.24 bits per heavy atom. The second-order valence-corrected chi connectivity index (χ2v) is 4.91. The lowest BCUT2D eigenvalue weighted by atomic mass is 10.2. The average molecular weight is 345 g/mol. The monoisotopic (exact) mass is 345 g/mol. The molecule has 0 fully saturated rings. The summed E-state index contributed by atoms with van der Waals surface area (Å²) in [6.07, 6.45) is 1.77. The van der Waals surface area contributed by atoms with Crippen molar-refractivity contribution in [2.24, 2.45) is 0 Å². The molecular weight excluding hydrogens is 332 g/mol. The molecule has 7 nitrogen and oxygen atoms in total. The number of hydrogen-bond acceptors (Lipinski definition) is 5. The maximum Gasteiger partial charge on any atom is 0.274 e. The lowest BCUT2D eigenvalue weighted by Crippen LogP contribution is -2.14. The van der Waals surface area contributed by atoms with Gasteiger partial charge in [0.15, 0.2) is 0 Å². The number of pyridine rings is 2. The van der Waals surface area contributed by atoms with Crippen LogP contribution in [0.3, 0.4) is 0 Å². The fraction of sp³-hybridized carbons (Fsp3) is 0.125. The first-order valence-electron chi connectivity index (χ1n) is 7.26. The van der Waals surface area contributed by atoms with Crippen LogP contribution in [0.25, 0.3) is 11.4 Å². The Morgan fingerprint density at radius 3 is 2.88 bits per heavy atom. The quantitative estimate of drug-likeness (QED) is 0.717. The second kappa shape index (κ2) is 7.47. The molecule has 25 heavy (non-hydrogen) atoms. The van der Waals surface area contributed by atoms with Gasteiger partial charge >= 0.3 is 0 Å². The van der Waals surface area contributed by atoms with Gasteiger partial charge in [0.2, 0.25) is 0 Å². The summed E-state index contributed by atoms with van der Waals surface area (Å²) in [6, 6.07) is 8.03. The van der Waals surface area contributed by atoms with Crippen LogP contribution in [0, 0.1) is 0 Å². The number of alkyl halides is 2. The maximum absolute atomic E-state index is 12.3. The number of halogens is 2. The zero-order valence-electron chi connectivity index (χ0n) is 12.8. The van der Waals surface area contributed by atoms with Gasteiger partial charge in [-0.05, 0) is 18.2 Å². The average Bonchev–Trinajstić information content (AvgIpc) is 3.09. The number of carbonyl (C=O) groups is 1. The van der Waals surface area contributed by atoms with Crippen molar-refractivity contribution in [1.29, 1.82) is 0 Å². The predicted octanol–water partition coefficient (Wildman–Crippen LogP) is 2.76. The van der Waals surface area contributed by atoms with Crippen LogP contribution in [0.2, 0.25) is 0 Å². The number of carbonyl (C=O) groups excluding carboxylic acids is 1. The normalized spacial score (nSPS) is 10.7. The molecule has 0 bridgehead atoms. The molecule has 0 aliphatic heterocycles. The van der Waals surface area contributed by atoms with Crippen molar-refractivity contribution in [3.05, 3.63) is 54.6 Å². The highest BCUT2D eigenvalue weighted by molar-refractivity contribution is 6.04. The molecule has 128 valence electrons. The second-order valence-electron chi connectivity index (χ2n) is 4.91. The highest BCUT2D eigenvalue weighted by atomic mass is 19.3. The number of amides is 1. The van der Waals surface area contributed by atoms with Gasteiger partial charge < -0.3 is 10.1 Å². The zero-order valence-corrected chi connectivity index (χ0v) is 12.8. The molecule has 3 rings (SSSR count). The third-order valence-corrected chi connectivity index (χ3v) is 3.15. The maximum atomic E-state index is 12.3. The van der Waals surface area contributed by atoms with Crippen LogP contribution in [0.5, 0.6) is 5.75 Å². The van der Waals surface area contributed by atoms with E-state index in [1.165, 1.54) is 24.5 Å². The fourth-order valence-corrected chi connectivity index (χ4v) is 2.06. The first kappa shape index (κ1) is 16.5. The molecule has 2 N–H and O–H groups in total. The molecular formula is C16H13F2N5O2. The van der Waals surface area contributed by atoms with Gasteiger partial charge in [0.1, 0.15) is 23.7 Å². The third-order valence-electron chi connectivity index (χ3n) is 3.15. The van der Waals surface area contributed by atoms with Crippen LogP contribution < -0.4 is 10.1 Å². The minimum atomic E-state index is -2.60. The van der Waals surface area contributed by atoms with Crippen LogP contribution in [0.4, 0.5) is 14.5 Å². The summed E-state index contributed by atoms with van der Waals surface area (Å²) in [6.45, 7) is -0.753. The van der Waals surface area contributed by atoms with E-state index >= 15 is 0 Å². The first-order chi connectivity index (χ1) is 12.1. The molecule has 3 heterocycles. The molecule has 9 heteroatoms. The SMILES string of the molecule is O=C(Nc1cn[nH]c1-c1ccccn1)c1cc(OCC(F)F)ccn1. The number of aromatic amines is 1. The van der Waals surface area contributed by atoms with Crippen LogP contribution in [-0.4, -0.2) is 39.1 Å². The summed E-state index contributed by atoms with van der Waals surface area (Å²) in [5, 5.41) is 9.33. The van der Waals surface area contributed by atoms with Gasteiger partial charge in [-0.3, -0.25) is 19.9 Å². The van der Waals surface area contributed by atoms with E-state index in [-0.39, 0.29) is 11.4 Å². The molecule has 0 spiro atoms. The molecule has 0 unspecified atom stereocenters. The van der Waals surface area contributed by atoms with Crippen molar-refractivity contribution in [1.82, 2.24) is 20.2 Å². The van der Waals surface area contributed by atoms with Gasteiger partial charge in [0.25, 0.3) is 12.3 Å². The largest absolute Gasteiger partial charge is 0.488 e. The van der Waals surface area contributed by atoms with Crippen LogP contribution in [-0.2, 0) is 0 Å². The van der Waals surface area contributed by atoms with Gasteiger partial charge in [-0.15, -0.1) is 0 Å². The van der Waals surface area contributed by atoms with Gasteiger partial charge in [0, 0.05) is 18.5 Å². The van der Waals surface area contributed by atoms with Gasteiger partial charge in [0.05, 0.1) is 17.6 Å². The highest BCUT2D eigenvalue weighted by Crippen LogP contribution is 2.23. The van der Waals surface area contributed by atoms with Crippen molar-refractivity contribution in [3.8, 4) is 17.1 Å². The topological polar surface area (TPSA) is 92.8 Å². The molecule has 0 saturated carbocycles. The molecule has 0 saturated heterocycles. The molecule has 0 aromatic carbocycles. The third kappa shape index (κ3) is 4.14. The number of H-pyrrole nitrogens is 1. The Balaban J connectivity index is 1.75. The number of nitrogens with zero attached hydrogens (tertiary/aromatic N) is 3. The van der Waals surface area contributed by atoms with Gasteiger partial charge in [-0.25, -0.2) is 8.78 Å². The predicted molar refractivity (Wildman–Crippen MR) is 85.5 cm³/mol. The molecule has 3 aromatic heterocycles. The van der Waals surface area contributed by atoms with E-state index in [1.54, 1.807) is 24.4 Å². The number of rotatable bonds is 6. The Bertz CT molecular complexity index is 854. The lowest BCUT2D eigenvalue weighted by molar-refractivity contribution is 0.0818. The van der Waals surface area contributed by atoms with E-state index in [9.17, 15) is 13.6 Å². The standard InChI is InChI=1S/C16H13F2N5O2/c17-14(18)9-25-10-4-6-20-12(7-10)16(24)22-13-8-21-23-15(13)11-3-1-2-5-19-11/h1-8,14H,9H2,(H,21,23)(H,22,24). The van der Waals surface area contributed by atoms with Crippen LogP contribution >= 0.6 is 0 Å². The molecule has 0 radical (unpaired) electrons. The number of anilines is 1. The van der Waals surface area contributed by atoms with Gasteiger partial charge in [-0.1, -0.05) is 6.07 Å². The van der Waals surface area contributed by atoms with Crippen molar-refractivity contribution in [2.75, 3.05) is 11.9 Å². The van der Waals surface area contributed by atoms with Crippen LogP contribution in [0.15, 0.2) is 48.9 Å². The molecule has 0 atom stereocenters. The van der Waals surface area contributed by atoms with E-state index in [0.29, 0.717) is 17.1 Å². The fourth-order valence-electron chi connectivity index (χ4n) is 2.06. The van der Waals surface area contributed by atoms with E-state index in [4.69, 9.17) is 4.74 Å². The van der Waals surface area contributed by atoms with E-state index in [2.05, 4.69) is 25.5 Å². The number of ether oxygens (including phenoxy) is 1. The summed E-state index contributed by atoms with van der Waals surface area (Å²) < 4.78 is 29.3. The van der Waals surface area contributed by atoms with Crippen molar-refractivity contribution in [2.45, 2.75) is 6.43 Å². The molecule has 1 amide bonds. The van der Waals surface area contributed by atoms with E-state index in [0.717, 1.165) is 0 Å². The number of hydrogen-bond donors (Lipinski definition) is 2. The minimum Gasteiger partial charge on any atom is -0.488 e. The molecule has 0 aliphatic carbocycles. The Hall–Kier alpha value is -3.36. The van der Waals surface area contributed by atoms with E-state index in [1.807, 2.05) is 0 Å². The molecule has 0 aliphatic rings. The van der Waals surface area contributed by atoms with Crippen molar-refractivity contribution >= 4 is 11.6 Å². The smallest absolute Gasteiger partial charge is 0.274 e. The summed E-state index contributed by atoms with van der Waals surface area (Å²) in [5.41, 5.74) is 1.60. The Labute approximate surface area is 141 Å². The Kier molecular flexibility index (Phi) is 4.93. The zero-order chi connectivity index (χ0) is 17.6. The summed E-state index contributed by atoms with van der Waals surface area (Å²) in [5.74, 6) is -0.390. The number of nitrogens with one attached hydrogen (secondary N) is 2. The summed E-state index contributed by atoms with van der Waals surface area (Å²) in [4.78, 5) is 20.5. The van der Waals surface area contributed by atoms with Gasteiger partial charge in [-0.2, -0.15) is 5.10 Å². The van der Waals surface area contributed by atoms with Crippen molar-refractivity contribution in [3.63, 3.8) is 0 Å². The summed E-state index contributed by atoms with van der Waals surface area (Å²) >= 11 is 0. The van der Waals surface area contributed by atoms with E-state index < -0.39 is 18.9 Å². The molecule has 3 aromatic rings. The summed E-state index contributed by atoms with van der Waals surface area (Å²) in [7, 11) is 0. The van der Waals surface area contributed by atoms with Crippen LogP contribution in [0.1, 0.15) is 10.5 Å². The Morgan fingerprint density at radius 2 is 2.12 bits per heavy atom. The lowest BCUT2D eigenvalue weighted by Gasteiger charge is -2.08. The number of aromatic nitrogens is 4. The highest BCUT2D eigenvalue weighted by Gasteiger charge is 2.15. The minimum absolute atomic E-state index is 0.0277. The van der Waals surface area contributed by atoms with Crippen molar-refractivity contribution < 1.29 is 18.3 Å².